The molecule has 0 spiro atoms. The number of nitrogens with one attached hydrogen (secondary N) is 2. The molecule has 0 unspecified atom stereocenters. The van der Waals surface area contributed by atoms with Gasteiger partial charge in [0.15, 0.2) is 5.69 Å². The Morgan fingerprint density at radius 2 is 2.00 bits per heavy atom. The van der Waals surface area contributed by atoms with Crippen molar-refractivity contribution in [2.45, 2.75) is 18.0 Å². The molecule has 0 amide bonds. The van der Waals surface area contributed by atoms with E-state index >= 15 is 0 Å². The van der Waals surface area contributed by atoms with Gasteiger partial charge in [-0.3, -0.25) is 9.40 Å². The number of alkyl halides is 3. The van der Waals surface area contributed by atoms with Crippen molar-refractivity contribution in [1.29, 1.82) is 5.26 Å². The third-order valence-electron chi connectivity index (χ3n) is 3.11. The van der Waals surface area contributed by atoms with Crippen LogP contribution in [-0.4, -0.2) is 24.7 Å². The maximum Gasteiger partial charge on any atom is 0.436 e. The van der Waals surface area contributed by atoms with E-state index in [1.165, 1.54) is 25.2 Å². The first-order valence-corrected chi connectivity index (χ1v) is 8.48. The van der Waals surface area contributed by atoms with Crippen molar-refractivity contribution in [1.82, 2.24) is 9.78 Å². The summed E-state index contributed by atoms with van der Waals surface area (Å²) in [6.45, 7) is 2.21. The fraction of sp³-hybridized carbons (Fsp3) is 0.286. The molecule has 0 radical (unpaired) electrons. The van der Waals surface area contributed by atoms with Gasteiger partial charge in [0.1, 0.15) is 4.90 Å². The summed E-state index contributed by atoms with van der Waals surface area (Å²) in [6.07, 6.45) is -4.16. The molecule has 134 valence electrons. The van der Waals surface area contributed by atoms with Crippen LogP contribution in [0.5, 0.6) is 0 Å². The lowest BCUT2D eigenvalue weighted by Gasteiger charge is -2.14. The smallest absolute Gasteiger partial charge is 0.384 e. The minimum Gasteiger partial charge on any atom is -0.384 e. The zero-order chi connectivity index (χ0) is 18.8. The summed E-state index contributed by atoms with van der Waals surface area (Å²) in [6, 6.07) is 6.00. The van der Waals surface area contributed by atoms with Crippen molar-refractivity contribution < 1.29 is 21.6 Å². The van der Waals surface area contributed by atoms with Crippen LogP contribution in [0.4, 0.5) is 24.5 Å². The van der Waals surface area contributed by atoms with Crippen LogP contribution < -0.4 is 10.0 Å². The number of nitriles is 1. The van der Waals surface area contributed by atoms with Crippen LogP contribution in [-0.2, 0) is 23.2 Å². The monoisotopic (exact) mass is 373 g/mol. The van der Waals surface area contributed by atoms with Gasteiger partial charge in [0.25, 0.3) is 10.0 Å². The number of rotatable bonds is 5. The van der Waals surface area contributed by atoms with Crippen LogP contribution in [0, 0.1) is 11.3 Å². The van der Waals surface area contributed by atoms with Gasteiger partial charge in [-0.1, -0.05) is 0 Å². The van der Waals surface area contributed by atoms with E-state index in [9.17, 15) is 21.6 Å². The van der Waals surface area contributed by atoms with E-state index in [2.05, 4.69) is 15.1 Å². The van der Waals surface area contributed by atoms with E-state index in [4.69, 9.17) is 5.26 Å². The zero-order valence-corrected chi connectivity index (χ0v) is 14.0. The number of aryl methyl sites for hydroxylation is 1. The lowest BCUT2D eigenvalue weighted by molar-refractivity contribution is -0.143. The number of sulfonamides is 1. The number of aromatic nitrogens is 2. The van der Waals surface area contributed by atoms with Crippen molar-refractivity contribution in [3.8, 4) is 6.07 Å². The molecule has 2 aromatic rings. The summed E-state index contributed by atoms with van der Waals surface area (Å²) >= 11 is 0. The van der Waals surface area contributed by atoms with Crippen LogP contribution >= 0.6 is 0 Å². The average molecular weight is 373 g/mol. The van der Waals surface area contributed by atoms with E-state index in [-0.39, 0.29) is 11.3 Å². The minimum atomic E-state index is -4.93. The molecule has 0 aliphatic rings. The molecule has 0 fully saturated rings. The average Bonchev–Trinajstić information content (AvgIpc) is 2.92. The van der Waals surface area contributed by atoms with Gasteiger partial charge in [-0.2, -0.15) is 23.5 Å². The van der Waals surface area contributed by atoms with Crippen LogP contribution in [0.15, 0.2) is 29.3 Å². The fourth-order valence-corrected chi connectivity index (χ4v) is 3.37. The summed E-state index contributed by atoms with van der Waals surface area (Å²) in [5.41, 5.74) is -1.05. The van der Waals surface area contributed by atoms with Gasteiger partial charge in [0, 0.05) is 19.8 Å². The topological polar surface area (TPSA) is 99.8 Å². The van der Waals surface area contributed by atoms with Gasteiger partial charge in [0.2, 0.25) is 0 Å². The molecule has 1 heterocycles. The highest BCUT2D eigenvalue weighted by Gasteiger charge is 2.41. The van der Waals surface area contributed by atoms with Gasteiger partial charge in [-0.15, -0.1) is 0 Å². The van der Waals surface area contributed by atoms with E-state index in [0.717, 1.165) is 10.9 Å². The standard InChI is InChI=1S/C14H14F3N5O2S/c1-3-19-10-5-4-9(7-18)6-11(10)21-25(23,24)12-8-22(2)20-13(12)14(15,16)17/h4-6,8,19,21H,3H2,1-2H3. The largest absolute Gasteiger partial charge is 0.436 e. The van der Waals surface area contributed by atoms with E-state index in [1.807, 2.05) is 6.07 Å². The highest BCUT2D eigenvalue weighted by atomic mass is 32.2. The summed E-state index contributed by atoms with van der Waals surface area (Å²) in [5, 5.41) is 15.0. The highest BCUT2D eigenvalue weighted by Crippen LogP contribution is 2.34. The van der Waals surface area contributed by atoms with Crippen molar-refractivity contribution in [2.24, 2.45) is 7.05 Å². The van der Waals surface area contributed by atoms with Gasteiger partial charge in [-0.05, 0) is 25.1 Å². The number of anilines is 2. The molecule has 0 saturated carbocycles. The Kier molecular flexibility index (Phi) is 4.94. The third-order valence-corrected chi connectivity index (χ3v) is 4.48. The number of hydrogen-bond donors (Lipinski definition) is 2. The van der Waals surface area contributed by atoms with Crippen molar-refractivity contribution in [3.63, 3.8) is 0 Å². The molecule has 2 rings (SSSR count). The molecule has 11 heteroatoms. The van der Waals surface area contributed by atoms with Crippen LogP contribution in [0.3, 0.4) is 0 Å². The van der Waals surface area contributed by atoms with Crippen molar-refractivity contribution >= 4 is 21.4 Å². The number of hydrogen-bond acceptors (Lipinski definition) is 5. The Balaban J connectivity index is 2.52. The molecule has 25 heavy (non-hydrogen) atoms. The van der Waals surface area contributed by atoms with E-state index in [0.29, 0.717) is 12.2 Å². The van der Waals surface area contributed by atoms with Gasteiger partial charge >= 0.3 is 6.18 Å². The molecular weight excluding hydrogens is 359 g/mol. The molecule has 1 aromatic carbocycles. The molecule has 2 N–H and O–H groups in total. The Hall–Kier alpha value is -2.74. The molecule has 1 aromatic heterocycles. The summed E-state index contributed by atoms with van der Waals surface area (Å²) in [4.78, 5) is -0.993. The molecule has 0 atom stereocenters. The fourth-order valence-electron chi connectivity index (χ4n) is 2.10. The minimum absolute atomic E-state index is 0.0297. The third kappa shape index (κ3) is 4.03. The molecule has 0 bridgehead atoms. The van der Waals surface area contributed by atoms with Gasteiger partial charge < -0.3 is 5.32 Å². The van der Waals surface area contributed by atoms with Crippen molar-refractivity contribution in [3.05, 3.63) is 35.7 Å². The Morgan fingerprint density at radius 1 is 1.32 bits per heavy atom. The second-order valence-corrected chi connectivity index (χ2v) is 6.67. The summed E-state index contributed by atoms with van der Waals surface area (Å²) in [7, 11) is -3.39. The number of halogens is 3. The maximum absolute atomic E-state index is 13.0. The number of nitrogens with zero attached hydrogens (tertiary/aromatic N) is 3. The van der Waals surface area contributed by atoms with E-state index in [1.54, 1.807) is 6.92 Å². The van der Waals surface area contributed by atoms with E-state index < -0.39 is 26.8 Å². The second-order valence-electron chi connectivity index (χ2n) is 5.02. The van der Waals surface area contributed by atoms with Gasteiger partial charge in [0.05, 0.1) is 23.0 Å². The first-order valence-electron chi connectivity index (χ1n) is 7.00. The number of benzene rings is 1. The van der Waals surface area contributed by atoms with Crippen LogP contribution in [0.1, 0.15) is 18.2 Å². The van der Waals surface area contributed by atoms with Gasteiger partial charge in [-0.25, -0.2) is 8.42 Å². The lowest BCUT2D eigenvalue weighted by atomic mass is 10.2. The summed E-state index contributed by atoms with van der Waals surface area (Å²) in [5.74, 6) is 0. The Morgan fingerprint density at radius 3 is 2.56 bits per heavy atom. The molecule has 0 saturated heterocycles. The molecule has 0 aliphatic heterocycles. The summed E-state index contributed by atoms with van der Waals surface area (Å²) < 4.78 is 66.9. The highest BCUT2D eigenvalue weighted by molar-refractivity contribution is 7.92. The first kappa shape index (κ1) is 18.6. The lowest BCUT2D eigenvalue weighted by Crippen LogP contribution is -2.19. The molecular formula is C14H14F3N5O2S. The quantitative estimate of drug-likeness (QED) is 0.839. The maximum atomic E-state index is 13.0. The molecule has 7 nitrogen and oxygen atoms in total. The molecule has 0 aliphatic carbocycles. The second kappa shape index (κ2) is 6.64. The SMILES string of the molecule is CCNc1ccc(C#N)cc1NS(=O)(=O)c1cn(C)nc1C(F)(F)F. The first-order chi connectivity index (χ1) is 11.6. The zero-order valence-electron chi connectivity index (χ0n) is 13.2. The Labute approximate surface area is 142 Å². The van der Waals surface area contributed by atoms with Crippen LogP contribution in [0.25, 0.3) is 0 Å². The Bertz CT molecular complexity index is 929. The van der Waals surface area contributed by atoms with Crippen LogP contribution in [0.2, 0.25) is 0 Å². The predicted octanol–water partition coefficient (Wildman–Crippen LogP) is 2.54. The predicted molar refractivity (Wildman–Crippen MR) is 84.3 cm³/mol. The normalized spacial score (nSPS) is 11.8. The van der Waals surface area contributed by atoms with Crippen molar-refractivity contribution in [2.75, 3.05) is 16.6 Å².